The van der Waals surface area contributed by atoms with Crippen LogP contribution in [0.5, 0.6) is 5.75 Å². The molecule has 0 saturated carbocycles. The lowest BCUT2D eigenvalue weighted by Gasteiger charge is -2.34. The highest BCUT2D eigenvalue weighted by molar-refractivity contribution is 5.95. The van der Waals surface area contributed by atoms with E-state index in [4.69, 9.17) is 9.26 Å². The minimum atomic E-state index is -0.370. The van der Waals surface area contributed by atoms with Gasteiger partial charge in [0.1, 0.15) is 24.7 Å². The Morgan fingerprint density at radius 1 is 1.12 bits per heavy atom. The first-order valence-electron chi connectivity index (χ1n) is 10.4. The number of piperazine rings is 1. The molecule has 1 aromatic heterocycles. The van der Waals surface area contributed by atoms with Crippen molar-refractivity contribution in [3.05, 3.63) is 82.5 Å². The van der Waals surface area contributed by atoms with E-state index in [1.807, 2.05) is 32.0 Å². The average Bonchev–Trinajstić information content (AvgIpc) is 3.24. The zero-order valence-electron chi connectivity index (χ0n) is 18.0. The molecule has 1 aliphatic rings. The molecule has 4 rings (SSSR count). The minimum Gasteiger partial charge on any atom is -0.486 e. The summed E-state index contributed by atoms with van der Waals surface area (Å²) in [5.41, 5.74) is 3.14. The second-order valence-electron chi connectivity index (χ2n) is 7.89. The van der Waals surface area contributed by atoms with Gasteiger partial charge in [0.25, 0.3) is 5.91 Å². The number of hydrogen-bond donors (Lipinski definition) is 0. The molecule has 166 valence electrons. The van der Waals surface area contributed by atoms with Crippen molar-refractivity contribution in [2.24, 2.45) is 0 Å². The van der Waals surface area contributed by atoms with E-state index in [9.17, 15) is 14.0 Å². The van der Waals surface area contributed by atoms with Gasteiger partial charge >= 0.3 is 0 Å². The van der Waals surface area contributed by atoms with E-state index >= 15 is 0 Å². The van der Waals surface area contributed by atoms with Gasteiger partial charge in [-0.25, -0.2) is 4.39 Å². The molecule has 2 heterocycles. The monoisotopic (exact) mass is 437 g/mol. The summed E-state index contributed by atoms with van der Waals surface area (Å²) in [6.07, 6.45) is 0. The maximum Gasteiger partial charge on any atom is 0.276 e. The fourth-order valence-electron chi connectivity index (χ4n) is 3.51. The Labute approximate surface area is 185 Å². The smallest absolute Gasteiger partial charge is 0.276 e. The van der Waals surface area contributed by atoms with Crippen molar-refractivity contribution >= 4 is 11.8 Å². The number of amides is 2. The molecular weight excluding hydrogens is 413 g/mol. The molecule has 32 heavy (non-hydrogen) atoms. The van der Waals surface area contributed by atoms with Gasteiger partial charge in [-0.1, -0.05) is 23.4 Å². The summed E-state index contributed by atoms with van der Waals surface area (Å²) in [5, 5.41) is 3.84. The quantitative estimate of drug-likeness (QED) is 0.590. The lowest BCUT2D eigenvalue weighted by molar-refractivity contribution is -0.135. The van der Waals surface area contributed by atoms with Crippen LogP contribution in [0, 0.1) is 19.7 Å². The molecule has 8 heteroatoms. The summed E-state index contributed by atoms with van der Waals surface area (Å²) >= 11 is 0. The van der Waals surface area contributed by atoms with E-state index in [1.165, 1.54) is 28.7 Å². The van der Waals surface area contributed by atoms with Crippen LogP contribution in [0.3, 0.4) is 0 Å². The Morgan fingerprint density at radius 2 is 1.97 bits per heavy atom. The van der Waals surface area contributed by atoms with Gasteiger partial charge in [0, 0.05) is 25.7 Å². The second-order valence-corrected chi connectivity index (χ2v) is 7.89. The van der Waals surface area contributed by atoms with E-state index < -0.39 is 0 Å². The van der Waals surface area contributed by atoms with Crippen molar-refractivity contribution < 1.29 is 23.2 Å². The summed E-state index contributed by atoms with van der Waals surface area (Å²) in [7, 11) is 0. The summed E-state index contributed by atoms with van der Waals surface area (Å²) in [5.74, 6) is 0.215. The lowest BCUT2D eigenvalue weighted by atomic mass is 10.1. The summed E-state index contributed by atoms with van der Waals surface area (Å²) in [6, 6.07) is 13.5. The van der Waals surface area contributed by atoms with Crippen LogP contribution in [0.25, 0.3) is 0 Å². The highest BCUT2D eigenvalue weighted by Crippen LogP contribution is 2.19. The molecular formula is C24H24FN3O4. The summed E-state index contributed by atoms with van der Waals surface area (Å²) in [6.45, 7) is 5.15. The summed E-state index contributed by atoms with van der Waals surface area (Å²) in [4.78, 5) is 28.3. The SMILES string of the molecule is Cc1ccc(OCc2cc(C(=O)N3CCN(Cc4cccc(F)c4)C(=O)C3)no2)cc1C. The third kappa shape index (κ3) is 4.96. The van der Waals surface area contributed by atoms with Gasteiger partial charge in [-0.2, -0.15) is 0 Å². The number of nitrogens with zero attached hydrogens (tertiary/aromatic N) is 3. The highest BCUT2D eigenvalue weighted by atomic mass is 19.1. The van der Waals surface area contributed by atoms with Gasteiger partial charge in [0.05, 0.1) is 0 Å². The molecule has 2 amide bonds. The predicted molar refractivity (Wildman–Crippen MR) is 114 cm³/mol. The Morgan fingerprint density at radius 3 is 2.72 bits per heavy atom. The number of aromatic nitrogens is 1. The molecule has 3 aromatic rings. The van der Waals surface area contributed by atoms with Crippen LogP contribution in [0.1, 0.15) is 32.9 Å². The minimum absolute atomic E-state index is 0.0600. The van der Waals surface area contributed by atoms with Crippen molar-refractivity contribution in [3.63, 3.8) is 0 Å². The predicted octanol–water partition coefficient (Wildman–Crippen LogP) is 3.49. The van der Waals surface area contributed by atoms with E-state index in [0.717, 1.165) is 5.56 Å². The number of ether oxygens (including phenoxy) is 1. The molecule has 0 bridgehead atoms. The molecule has 0 unspecified atom stereocenters. The van der Waals surface area contributed by atoms with Gasteiger partial charge in [0.15, 0.2) is 11.5 Å². The molecule has 0 spiro atoms. The second kappa shape index (κ2) is 9.21. The molecule has 2 aromatic carbocycles. The number of benzene rings is 2. The molecule has 0 N–H and O–H groups in total. The van der Waals surface area contributed by atoms with E-state index in [0.29, 0.717) is 36.7 Å². The van der Waals surface area contributed by atoms with Gasteiger partial charge in [-0.3, -0.25) is 9.59 Å². The molecule has 0 radical (unpaired) electrons. The lowest BCUT2D eigenvalue weighted by Crippen LogP contribution is -2.51. The van der Waals surface area contributed by atoms with Crippen molar-refractivity contribution in [1.29, 1.82) is 0 Å². The standard InChI is InChI=1S/C24H24FN3O4/c1-16-6-7-20(10-17(16)2)31-15-21-12-22(26-32-21)24(30)28-9-8-27(23(29)14-28)13-18-4-3-5-19(25)11-18/h3-7,10-12H,8-9,13-15H2,1-2H3. The van der Waals surface area contributed by atoms with Crippen molar-refractivity contribution in [3.8, 4) is 5.75 Å². The maximum absolute atomic E-state index is 13.4. The van der Waals surface area contributed by atoms with Crippen LogP contribution in [0.2, 0.25) is 0 Å². The van der Waals surface area contributed by atoms with Gasteiger partial charge in [0.2, 0.25) is 5.91 Å². The van der Waals surface area contributed by atoms with Gasteiger partial charge < -0.3 is 19.1 Å². The Kier molecular flexibility index (Phi) is 6.20. The first-order chi connectivity index (χ1) is 15.4. The van der Waals surface area contributed by atoms with E-state index in [-0.39, 0.29) is 36.5 Å². The number of carbonyl (C=O) groups is 2. The Bertz CT molecular complexity index is 1140. The molecule has 0 aliphatic carbocycles. The first-order valence-corrected chi connectivity index (χ1v) is 10.4. The van der Waals surface area contributed by atoms with Crippen LogP contribution < -0.4 is 4.74 Å². The zero-order chi connectivity index (χ0) is 22.7. The van der Waals surface area contributed by atoms with Crippen LogP contribution in [0.15, 0.2) is 53.1 Å². The largest absolute Gasteiger partial charge is 0.486 e. The molecule has 1 fully saturated rings. The topological polar surface area (TPSA) is 75.9 Å². The Hall–Kier alpha value is -3.68. The molecule has 1 aliphatic heterocycles. The first kappa shape index (κ1) is 21.5. The maximum atomic E-state index is 13.4. The van der Waals surface area contributed by atoms with E-state index in [1.54, 1.807) is 17.0 Å². The van der Waals surface area contributed by atoms with Crippen molar-refractivity contribution in [2.75, 3.05) is 19.6 Å². The van der Waals surface area contributed by atoms with Crippen LogP contribution >= 0.6 is 0 Å². The third-order valence-corrected chi connectivity index (χ3v) is 5.51. The number of halogens is 1. The van der Waals surface area contributed by atoms with Gasteiger partial charge in [-0.05, 0) is 54.8 Å². The van der Waals surface area contributed by atoms with Crippen molar-refractivity contribution in [2.45, 2.75) is 27.0 Å². The fourth-order valence-corrected chi connectivity index (χ4v) is 3.51. The number of carbonyl (C=O) groups excluding carboxylic acids is 2. The summed E-state index contributed by atoms with van der Waals surface area (Å²) < 4.78 is 24.3. The number of rotatable bonds is 6. The molecule has 1 saturated heterocycles. The Balaban J connectivity index is 1.32. The molecule has 7 nitrogen and oxygen atoms in total. The van der Waals surface area contributed by atoms with Crippen LogP contribution in [-0.2, 0) is 17.9 Å². The normalized spacial score (nSPS) is 14.0. The van der Waals surface area contributed by atoms with Crippen molar-refractivity contribution in [1.82, 2.24) is 15.0 Å². The van der Waals surface area contributed by atoms with Crippen LogP contribution in [0.4, 0.5) is 4.39 Å². The fraction of sp³-hybridized carbons (Fsp3) is 0.292. The van der Waals surface area contributed by atoms with E-state index in [2.05, 4.69) is 5.16 Å². The highest BCUT2D eigenvalue weighted by Gasteiger charge is 2.29. The zero-order valence-corrected chi connectivity index (χ0v) is 18.0. The average molecular weight is 437 g/mol. The van der Waals surface area contributed by atoms with Gasteiger partial charge in [-0.15, -0.1) is 0 Å². The van der Waals surface area contributed by atoms with Crippen LogP contribution in [-0.4, -0.2) is 46.4 Å². The molecule has 0 atom stereocenters. The number of aryl methyl sites for hydroxylation is 2. The third-order valence-electron chi connectivity index (χ3n) is 5.51. The number of hydrogen-bond acceptors (Lipinski definition) is 5.